The summed E-state index contributed by atoms with van der Waals surface area (Å²) in [6.07, 6.45) is 0. The molecule has 2 aromatic rings. The Balaban J connectivity index is 2.54. The molecule has 0 aliphatic heterocycles. The minimum atomic E-state index is -0.921. The maximum atomic E-state index is 13.9. The third kappa shape index (κ3) is 2.87. The normalized spacial score (nSPS) is 12.3. The van der Waals surface area contributed by atoms with Crippen LogP contribution in [-0.2, 0) is 0 Å². The molecule has 2 rings (SSSR count). The average molecular weight is 318 g/mol. The van der Waals surface area contributed by atoms with Crippen LogP contribution in [0, 0.1) is 11.6 Å². The van der Waals surface area contributed by atoms with Crippen LogP contribution in [0.5, 0.6) is 5.75 Å². The van der Waals surface area contributed by atoms with Gasteiger partial charge in [-0.2, -0.15) is 0 Å². The van der Waals surface area contributed by atoms with Crippen molar-refractivity contribution in [3.05, 3.63) is 63.1 Å². The molecule has 0 amide bonds. The van der Waals surface area contributed by atoms with Crippen LogP contribution in [0.1, 0.15) is 17.2 Å². The van der Waals surface area contributed by atoms with Crippen LogP contribution in [0.3, 0.4) is 0 Å². The van der Waals surface area contributed by atoms with Crippen LogP contribution in [0.15, 0.2) is 30.3 Å². The molecule has 6 heteroatoms. The lowest BCUT2D eigenvalue weighted by atomic mass is 9.98. The van der Waals surface area contributed by atoms with Gasteiger partial charge in [-0.3, -0.25) is 0 Å². The highest BCUT2D eigenvalue weighted by atomic mass is 35.5. The number of hydrogen-bond acceptors (Lipinski definition) is 2. The number of nitrogens with two attached hydrogens (primary N) is 1. The highest BCUT2D eigenvalue weighted by Gasteiger charge is 2.20. The van der Waals surface area contributed by atoms with E-state index >= 15 is 0 Å². The van der Waals surface area contributed by atoms with Gasteiger partial charge in [-0.15, -0.1) is 0 Å². The van der Waals surface area contributed by atoms with E-state index in [9.17, 15) is 8.78 Å². The van der Waals surface area contributed by atoms with Gasteiger partial charge in [0.2, 0.25) is 0 Å². The van der Waals surface area contributed by atoms with Gasteiger partial charge in [-0.05, 0) is 30.3 Å². The predicted octanol–water partition coefficient (Wildman–Crippen LogP) is 4.33. The summed E-state index contributed by atoms with van der Waals surface area (Å²) in [5, 5.41) is 0.127. The zero-order valence-corrected chi connectivity index (χ0v) is 12.0. The van der Waals surface area contributed by atoms with Gasteiger partial charge >= 0.3 is 0 Å². The largest absolute Gasteiger partial charge is 0.496 e. The van der Waals surface area contributed by atoms with Crippen LogP contribution in [0.25, 0.3) is 0 Å². The van der Waals surface area contributed by atoms with E-state index in [1.165, 1.54) is 7.11 Å². The number of halogens is 4. The maximum Gasteiger partial charge on any atom is 0.142 e. The van der Waals surface area contributed by atoms with Gasteiger partial charge in [0.1, 0.15) is 17.4 Å². The first-order chi connectivity index (χ1) is 9.43. The minimum Gasteiger partial charge on any atom is -0.496 e. The van der Waals surface area contributed by atoms with Crippen molar-refractivity contribution in [2.24, 2.45) is 5.73 Å². The third-order valence-corrected chi connectivity index (χ3v) is 3.43. The highest BCUT2D eigenvalue weighted by Crippen LogP contribution is 2.33. The topological polar surface area (TPSA) is 35.2 Å². The molecular formula is C14H11Cl2F2NO. The molecular weight excluding hydrogens is 307 g/mol. The molecule has 0 saturated heterocycles. The molecule has 2 N–H and O–H groups in total. The van der Waals surface area contributed by atoms with Gasteiger partial charge in [-0.25, -0.2) is 8.78 Å². The van der Waals surface area contributed by atoms with Crippen molar-refractivity contribution in [3.63, 3.8) is 0 Å². The standard InChI is InChI=1S/C14H11Cl2F2NO/c1-20-13-3-2-7(15)4-9(13)14(19)8-5-12(18)10(16)6-11(8)17/h2-6,14H,19H2,1H3. The first kappa shape index (κ1) is 15.0. The van der Waals surface area contributed by atoms with E-state index in [0.29, 0.717) is 16.3 Å². The van der Waals surface area contributed by atoms with E-state index < -0.39 is 17.7 Å². The van der Waals surface area contributed by atoms with Crippen molar-refractivity contribution < 1.29 is 13.5 Å². The lowest BCUT2D eigenvalue weighted by Gasteiger charge is -2.17. The zero-order chi connectivity index (χ0) is 14.9. The molecule has 0 spiro atoms. The Kier molecular flexibility index (Phi) is 4.48. The van der Waals surface area contributed by atoms with Gasteiger partial charge in [0.05, 0.1) is 18.2 Å². The van der Waals surface area contributed by atoms with Crippen LogP contribution in [0.4, 0.5) is 8.78 Å². The quantitative estimate of drug-likeness (QED) is 0.855. The van der Waals surface area contributed by atoms with E-state index in [0.717, 1.165) is 12.1 Å². The molecule has 1 unspecified atom stereocenters. The first-order valence-electron chi connectivity index (χ1n) is 5.67. The van der Waals surface area contributed by atoms with E-state index in [4.69, 9.17) is 33.7 Å². The molecule has 0 aromatic heterocycles. The van der Waals surface area contributed by atoms with Crippen LogP contribution >= 0.6 is 23.2 Å². The Bertz CT molecular complexity index is 649. The van der Waals surface area contributed by atoms with Gasteiger partial charge in [0, 0.05) is 16.1 Å². The number of ether oxygens (including phenoxy) is 1. The van der Waals surface area contributed by atoms with Gasteiger partial charge in [-0.1, -0.05) is 23.2 Å². The van der Waals surface area contributed by atoms with Crippen LogP contribution in [0.2, 0.25) is 10.0 Å². The summed E-state index contributed by atoms with van der Waals surface area (Å²) in [5.74, 6) is -0.984. The molecule has 0 aliphatic carbocycles. The molecule has 2 nitrogen and oxygen atoms in total. The SMILES string of the molecule is COc1ccc(Cl)cc1C(N)c1cc(F)c(Cl)cc1F. The second-order valence-corrected chi connectivity index (χ2v) is 5.00. The van der Waals surface area contributed by atoms with Gasteiger partial charge in [0.25, 0.3) is 0 Å². The Morgan fingerprint density at radius 2 is 1.75 bits per heavy atom. The summed E-state index contributed by atoms with van der Waals surface area (Å²) in [5.41, 5.74) is 6.43. The van der Waals surface area contributed by atoms with Crippen molar-refractivity contribution >= 4 is 23.2 Å². The van der Waals surface area contributed by atoms with Crippen molar-refractivity contribution in [3.8, 4) is 5.75 Å². The third-order valence-electron chi connectivity index (χ3n) is 2.90. The fourth-order valence-corrected chi connectivity index (χ4v) is 2.22. The Labute approximate surface area is 125 Å². The number of benzene rings is 2. The Hall–Kier alpha value is -1.36. The fourth-order valence-electron chi connectivity index (χ4n) is 1.89. The van der Waals surface area contributed by atoms with E-state index in [-0.39, 0.29) is 10.6 Å². The molecule has 0 bridgehead atoms. The monoisotopic (exact) mass is 317 g/mol. The molecule has 0 heterocycles. The zero-order valence-electron chi connectivity index (χ0n) is 10.5. The number of hydrogen-bond donors (Lipinski definition) is 1. The van der Waals surface area contributed by atoms with E-state index in [1.807, 2.05) is 0 Å². The highest BCUT2D eigenvalue weighted by molar-refractivity contribution is 6.31. The van der Waals surface area contributed by atoms with E-state index in [1.54, 1.807) is 18.2 Å². The molecule has 0 aliphatic rings. The summed E-state index contributed by atoms with van der Waals surface area (Å²) in [6, 6.07) is 5.73. The Morgan fingerprint density at radius 3 is 2.40 bits per heavy atom. The summed E-state index contributed by atoms with van der Waals surface area (Å²) >= 11 is 11.4. The summed E-state index contributed by atoms with van der Waals surface area (Å²) in [7, 11) is 1.46. The number of methoxy groups -OCH3 is 1. The minimum absolute atomic E-state index is 0.0209. The predicted molar refractivity (Wildman–Crippen MR) is 75.4 cm³/mol. The van der Waals surface area contributed by atoms with Gasteiger partial charge in [0.15, 0.2) is 0 Å². The Morgan fingerprint density at radius 1 is 1.05 bits per heavy atom. The average Bonchev–Trinajstić information content (AvgIpc) is 2.42. The summed E-state index contributed by atoms with van der Waals surface area (Å²) < 4.78 is 32.5. The molecule has 0 saturated carbocycles. The van der Waals surface area contributed by atoms with Crippen molar-refractivity contribution in [1.82, 2.24) is 0 Å². The molecule has 1 atom stereocenters. The molecule has 106 valence electrons. The number of rotatable bonds is 3. The van der Waals surface area contributed by atoms with Crippen LogP contribution in [-0.4, -0.2) is 7.11 Å². The lowest BCUT2D eigenvalue weighted by molar-refractivity contribution is 0.407. The second kappa shape index (κ2) is 5.95. The lowest BCUT2D eigenvalue weighted by Crippen LogP contribution is -2.15. The van der Waals surface area contributed by atoms with Crippen molar-refractivity contribution in [2.45, 2.75) is 6.04 Å². The molecule has 20 heavy (non-hydrogen) atoms. The first-order valence-corrected chi connectivity index (χ1v) is 6.43. The summed E-state index contributed by atoms with van der Waals surface area (Å²) in [6.45, 7) is 0. The van der Waals surface area contributed by atoms with Crippen molar-refractivity contribution in [2.75, 3.05) is 7.11 Å². The van der Waals surface area contributed by atoms with Crippen LogP contribution < -0.4 is 10.5 Å². The molecule has 0 radical (unpaired) electrons. The smallest absolute Gasteiger partial charge is 0.142 e. The maximum absolute atomic E-state index is 13.9. The van der Waals surface area contributed by atoms with Crippen molar-refractivity contribution in [1.29, 1.82) is 0 Å². The molecule has 0 fully saturated rings. The van der Waals surface area contributed by atoms with E-state index in [2.05, 4.69) is 0 Å². The molecule has 2 aromatic carbocycles. The fraction of sp³-hybridized carbons (Fsp3) is 0.143. The van der Waals surface area contributed by atoms with Gasteiger partial charge < -0.3 is 10.5 Å². The second-order valence-electron chi connectivity index (χ2n) is 4.15. The summed E-state index contributed by atoms with van der Waals surface area (Å²) in [4.78, 5) is 0.